The highest BCUT2D eigenvalue weighted by Gasteiger charge is 2.30. The van der Waals surface area contributed by atoms with Crippen molar-refractivity contribution in [1.82, 2.24) is 15.1 Å². The molecule has 0 radical (unpaired) electrons. The van der Waals surface area contributed by atoms with Gasteiger partial charge in [0.1, 0.15) is 0 Å². The van der Waals surface area contributed by atoms with E-state index in [0.717, 1.165) is 51.9 Å². The second kappa shape index (κ2) is 9.05. The average molecular weight is 436 g/mol. The van der Waals surface area contributed by atoms with Gasteiger partial charge in [-0.2, -0.15) is 11.3 Å². The van der Waals surface area contributed by atoms with Crippen LogP contribution in [0.3, 0.4) is 0 Å². The van der Waals surface area contributed by atoms with Gasteiger partial charge >= 0.3 is 0 Å². The third kappa shape index (κ3) is 4.56. The van der Waals surface area contributed by atoms with Crippen molar-refractivity contribution in [3.8, 4) is 0 Å². The summed E-state index contributed by atoms with van der Waals surface area (Å²) in [5.74, 6) is 1.02. The summed E-state index contributed by atoms with van der Waals surface area (Å²) in [7, 11) is 1.87. The zero-order chi connectivity index (χ0) is 14.5. The maximum atomic E-state index is 5.44. The van der Waals surface area contributed by atoms with Crippen LogP contribution in [0.4, 0.5) is 0 Å². The zero-order valence-electron chi connectivity index (χ0n) is 13.0. The molecule has 1 unspecified atom stereocenters. The van der Waals surface area contributed by atoms with Gasteiger partial charge in [0.15, 0.2) is 5.96 Å². The Morgan fingerprint density at radius 1 is 1.41 bits per heavy atom. The number of nitrogens with one attached hydrogen (secondary N) is 1. The molecule has 0 spiro atoms. The minimum atomic E-state index is 0. The van der Waals surface area contributed by atoms with Crippen LogP contribution in [-0.2, 0) is 11.3 Å². The number of aliphatic imine (C=N–C) groups is 1. The van der Waals surface area contributed by atoms with Crippen molar-refractivity contribution >= 4 is 41.3 Å². The van der Waals surface area contributed by atoms with Crippen LogP contribution in [0, 0.1) is 0 Å². The van der Waals surface area contributed by atoms with Crippen LogP contribution in [0.2, 0.25) is 0 Å². The number of hydrogen-bond donors (Lipinski definition) is 1. The quantitative estimate of drug-likeness (QED) is 0.446. The van der Waals surface area contributed by atoms with Crippen molar-refractivity contribution in [2.45, 2.75) is 19.0 Å². The molecule has 1 atom stereocenters. The molecule has 1 aromatic heterocycles. The third-order valence-electron chi connectivity index (χ3n) is 4.27. The van der Waals surface area contributed by atoms with E-state index in [1.165, 1.54) is 12.0 Å². The van der Waals surface area contributed by atoms with Crippen molar-refractivity contribution in [3.63, 3.8) is 0 Å². The second-order valence-corrected chi connectivity index (χ2v) is 6.35. The first-order valence-electron chi connectivity index (χ1n) is 7.65. The normalized spacial score (nSPS) is 23.4. The van der Waals surface area contributed by atoms with E-state index in [-0.39, 0.29) is 24.0 Å². The Balaban J connectivity index is 0.00000176. The van der Waals surface area contributed by atoms with Crippen molar-refractivity contribution in [3.05, 3.63) is 22.4 Å². The van der Waals surface area contributed by atoms with Crippen LogP contribution in [0.15, 0.2) is 21.8 Å². The molecule has 0 aromatic carbocycles. The summed E-state index contributed by atoms with van der Waals surface area (Å²) >= 11 is 1.74. The smallest absolute Gasteiger partial charge is 0.193 e. The Morgan fingerprint density at radius 3 is 2.91 bits per heavy atom. The predicted molar refractivity (Wildman–Crippen MR) is 102 cm³/mol. The van der Waals surface area contributed by atoms with Gasteiger partial charge in [-0.15, -0.1) is 24.0 Å². The van der Waals surface area contributed by atoms with Crippen LogP contribution in [0.5, 0.6) is 0 Å². The first kappa shape index (κ1) is 18.0. The number of rotatable bonds is 3. The van der Waals surface area contributed by atoms with E-state index in [4.69, 9.17) is 4.74 Å². The summed E-state index contributed by atoms with van der Waals surface area (Å²) < 4.78 is 5.44. The van der Waals surface area contributed by atoms with Gasteiger partial charge in [-0.3, -0.25) is 9.89 Å². The number of ether oxygens (including phenoxy) is 1. The Labute approximate surface area is 153 Å². The van der Waals surface area contributed by atoms with Gasteiger partial charge in [0, 0.05) is 45.8 Å². The summed E-state index contributed by atoms with van der Waals surface area (Å²) in [4.78, 5) is 9.39. The highest BCUT2D eigenvalue weighted by Crippen LogP contribution is 2.17. The standard InChI is InChI=1S/C15H24N4OS.HI/c1-16-15(17-10-13-3-9-21-12-13)19-4-2-14(11-19)18-5-7-20-8-6-18;/h3,9,12,14H,2,4-8,10-11H2,1H3,(H,16,17);1H. The fourth-order valence-corrected chi connectivity index (χ4v) is 3.75. The van der Waals surface area contributed by atoms with Crippen LogP contribution < -0.4 is 5.32 Å². The summed E-state index contributed by atoms with van der Waals surface area (Å²) in [6.07, 6.45) is 1.22. The van der Waals surface area contributed by atoms with Crippen LogP contribution in [0.25, 0.3) is 0 Å². The summed E-state index contributed by atoms with van der Waals surface area (Å²) in [6, 6.07) is 2.81. The van der Waals surface area contributed by atoms with E-state index in [1.807, 2.05) is 7.05 Å². The molecule has 3 heterocycles. The lowest BCUT2D eigenvalue weighted by atomic mass is 10.2. The number of halogens is 1. The number of hydrogen-bond acceptors (Lipinski definition) is 4. The lowest BCUT2D eigenvalue weighted by Gasteiger charge is -2.32. The number of guanidine groups is 1. The molecule has 7 heteroatoms. The maximum Gasteiger partial charge on any atom is 0.193 e. The highest BCUT2D eigenvalue weighted by atomic mass is 127. The molecular weight excluding hydrogens is 411 g/mol. The van der Waals surface area contributed by atoms with Gasteiger partial charge in [0.2, 0.25) is 0 Å². The lowest BCUT2D eigenvalue weighted by molar-refractivity contribution is 0.0195. The zero-order valence-corrected chi connectivity index (χ0v) is 16.2. The predicted octanol–water partition coefficient (Wildman–Crippen LogP) is 1.85. The molecule has 0 amide bonds. The Bertz CT molecular complexity index is 462. The van der Waals surface area contributed by atoms with E-state index in [9.17, 15) is 0 Å². The molecule has 2 fully saturated rings. The van der Waals surface area contributed by atoms with E-state index >= 15 is 0 Å². The van der Waals surface area contributed by atoms with Crippen LogP contribution in [0.1, 0.15) is 12.0 Å². The van der Waals surface area contributed by atoms with Gasteiger partial charge in [-0.05, 0) is 28.8 Å². The molecule has 1 aromatic rings. The fraction of sp³-hybridized carbons (Fsp3) is 0.667. The summed E-state index contributed by atoms with van der Waals surface area (Å²) in [5, 5.41) is 7.77. The van der Waals surface area contributed by atoms with Gasteiger partial charge < -0.3 is 15.0 Å². The van der Waals surface area contributed by atoms with Crippen molar-refractivity contribution < 1.29 is 4.74 Å². The topological polar surface area (TPSA) is 40.1 Å². The molecule has 3 rings (SSSR count). The van der Waals surface area contributed by atoms with E-state index < -0.39 is 0 Å². The third-order valence-corrected chi connectivity index (χ3v) is 5.00. The molecular formula is C15H25IN4OS. The number of thiophene rings is 1. The van der Waals surface area contributed by atoms with Gasteiger partial charge in [0.05, 0.1) is 13.2 Å². The van der Waals surface area contributed by atoms with E-state index in [0.29, 0.717) is 6.04 Å². The molecule has 0 saturated carbocycles. The van der Waals surface area contributed by atoms with Crippen LogP contribution >= 0.6 is 35.3 Å². The first-order valence-corrected chi connectivity index (χ1v) is 8.59. The van der Waals surface area contributed by atoms with Gasteiger partial charge in [-0.25, -0.2) is 0 Å². The Kier molecular flexibility index (Phi) is 7.39. The average Bonchev–Trinajstić information content (AvgIpc) is 3.20. The maximum absolute atomic E-state index is 5.44. The minimum Gasteiger partial charge on any atom is -0.379 e. The molecule has 0 bridgehead atoms. The SMILES string of the molecule is CN=C(NCc1ccsc1)N1CCC(N2CCOCC2)C1.I. The molecule has 0 aliphatic carbocycles. The Hall–Kier alpha value is -0.380. The minimum absolute atomic E-state index is 0. The second-order valence-electron chi connectivity index (χ2n) is 5.57. The van der Waals surface area contributed by atoms with Crippen molar-refractivity contribution in [2.24, 2.45) is 4.99 Å². The van der Waals surface area contributed by atoms with E-state index in [2.05, 4.69) is 36.9 Å². The molecule has 2 aliphatic heterocycles. The number of nitrogens with zero attached hydrogens (tertiary/aromatic N) is 3. The molecule has 2 saturated heterocycles. The Morgan fingerprint density at radius 2 is 2.23 bits per heavy atom. The van der Waals surface area contributed by atoms with Crippen molar-refractivity contribution in [1.29, 1.82) is 0 Å². The van der Waals surface area contributed by atoms with Gasteiger partial charge in [0.25, 0.3) is 0 Å². The van der Waals surface area contributed by atoms with Crippen molar-refractivity contribution in [2.75, 3.05) is 46.4 Å². The molecule has 2 aliphatic rings. The van der Waals surface area contributed by atoms with Gasteiger partial charge in [-0.1, -0.05) is 0 Å². The van der Waals surface area contributed by atoms with Crippen LogP contribution in [-0.4, -0.2) is 68.2 Å². The summed E-state index contributed by atoms with van der Waals surface area (Å²) in [5.41, 5.74) is 1.32. The monoisotopic (exact) mass is 436 g/mol. The van der Waals surface area contributed by atoms with E-state index in [1.54, 1.807) is 11.3 Å². The largest absolute Gasteiger partial charge is 0.379 e. The lowest BCUT2D eigenvalue weighted by Crippen LogP contribution is -2.46. The number of morpholine rings is 1. The fourth-order valence-electron chi connectivity index (χ4n) is 3.08. The summed E-state index contributed by atoms with van der Waals surface area (Å²) in [6.45, 7) is 6.91. The first-order chi connectivity index (χ1) is 10.4. The molecule has 124 valence electrons. The molecule has 5 nitrogen and oxygen atoms in total. The number of likely N-dealkylation sites (tertiary alicyclic amines) is 1. The highest BCUT2D eigenvalue weighted by molar-refractivity contribution is 14.0. The molecule has 22 heavy (non-hydrogen) atoms. The molecule has 1 N–H and O–H groups in total.